The van der Waals surface area contributed by atoms with Gasteiger partial charge in [0.15, 0.2) is 0 Å². The molecule has 0 saturated carbocycles. The van der Waals surface area contributed by atoms with Gasteiger partial charge in [-0.3, -0.25) is 14.4 Å². The Morgan fingerprint density at radius 2 is 2.06 bits per heavy atom. The lowest BCUT2D eigenvalue weighted by atomic mass is 9.96. The fraction of sp³-hybridized carbons (Fsp3) is 0.346. The summed E-state index contributed by atoms with van der Waals surface area (Å²) >= 11 is 6.28. The van der Waals surface area contributed by atoms with Crippen LogP contribution in [0.5, 0.6) is 0 Å². The highest BCUT2D eigenvalue weighted by Crippen LogP contribution is 2.33. The first-order chi connectivity index (χ1) is 17.4. The first kappa shape index (κ1) is 26.2. The highest BCUT2D eigenvalue weighted by molar-refractivity contribution is 7.94. The molecule has 0 radical (unpaired) electrons. The number of nitrogens with one attached hydrogen (secondary N) is 2. The topological polar surface area (TPSA) is 98.7 Å². The minimum atomic E-state index is -0.783. The van der Waals surface area contributed by atoms with Crippen LogP contribution in [0.15, 0.2) is 54.6 Å². The Balaban J connectivity index is 1.51. The first-order valence-electron chi connectivity index (χ1n) is 11.7. The quantitative estimate of drug-likeness (QED) is 0.271. The zero-order valence-corrected chi connectivity index (χ0v) is 21.0. The summed E-state index contributed by atoms with van der Waals surface area (Å²) in [6.07, 6.45) is 3.95. The third kappa shape index (κ3) is 6.27. The summed E-state index contributed by atoms with van der Waals surface area (Å²) in [4.78, 5) is 39.9. The van der Waals surface area contributed by atoms with Gasteiger partial charge in [0, 0.05) is 53.6 Å². The normalized spacial score (nSPS) is 22.6. The van der Waals surface area contributed by atoms with Gasteiger partial charge in [0.2, 0.25) is 17.7 Å². The molecular formula is C26H27ClFN3O4S. The van der Waals surface area contributed by atoms with Gasteiger partial charge in [0.05, 0.1) is 0 Å². The standard InChI is InChI=1S/C26H27ClFN3O4S/c27-20-8-6-17(21(28)14-20)7-9-24(32)31-15-19(16-4-2-1-3-5-16)12-22(31)26(34)30-23(36-35)13-18-10-11-29-25(18)33/h1-9,14,18-19,22-23,35H,10-13,15H2,(H,29,33)(H,30,34)/b9-7+/t18-,19+,22?,23+/m0/s1. The molecule has 3 amide bonds. The Labute approximate surface area is 218 Å². The Hall–Kier alpha value is -2.88. The molecule has 3 N–H and O–H groups in total. The van der Waals surface area contributed by atoms with Crippen molar-refractivity contribution in [3.63, 3.8) is 0 Å². The van der Waals surface area contributed by atoms with Crippen LogP contribution < -0.4 is 10.6 Å². The lowest BCUT2D eigenvalue weighted by Gasteiger charge is -2.25. The van der Waals surface area contributed by atoms with Crippen molar-refractivity contribution < 1.29 is 23.3 Å². The van der Waals surface area contributed by atoms with E-state index in [1.807, 2.05) is 30.3 Å². The molecule has 10 heteroatoms. The zero-order valence-electron chi connectivity index (χ0n) is 19.4. The van der Waals surface area contributed by atoms with Gasteiger partial charge in [-0.2, -0.15) is 0 Å². The molecule has 2 fully saturated rings. The maximum absolute atomic E-state index is 14.2. The molecule has 2 aliphatic heterocycles. The molecule has 2 saturated heterocycles. The van der Waals surface area contributed by atoms with Crippen LogP contribution in [0.25, 0.3) is 6.08 Å². The van der Waals surface area contributed by atoms with Crippen LogP contribution in [0.1, 0.15) is 36.3 Å². The number of hydrogen-bond acceptors (Lipinski definition) is 5. The first-order valence-corrected chi connectivity index (χ1v) is 12.9. The molecule has 0 bridgehead atoms. The maximum Gasteiger partial charge on any atom is 0.247 e. The van der Waals surface area contributed by atoms with Crippen LogP contribution in [-0.4, -0.2) is 51.7 Å². The molecule has 4 rings (SSSR count). The van der Waals surface area contributed by atoms with Gasteiger partial charge in [-0.25, -0.2) is 4.39 Å². The predicted octanol–water partition coefficient (Wildman–Crippen LogP) is 4.05. The Morgan fingerprint density at radius 3 is 2.72 bits per heavy atom. The fourth-order valence-electron chi connectivity index (χ4n) is 4.70. The second-order valence-corrected chi connectivity index (χ2v) is 10.2. The molecule has 2 aliphatic rings. The Morgan fingerprint density at radius 1 is 1.28 bits per heavy atom. The van der Waals surface area contributed by atoms with Crippen molar-refractivity contribution in [3.8, 4) is 0 Å². The highest BCUT2D eigenvalue weighted by atomic mass is 35.5. The van der Waals surface area contributed by atoms with Crippen LogP contribution in [0, 0.1) is 11.7 Å². The SMILES string of the molecule is O=C(N[C@@H](C[C@@H]1CCNC1=O)SO)C1C[C@@H](c2ccccc2)CN1C(=O)/C=C/c1ccc(Cl)cc1F. The fourth-order valence-corrected chi connectivity index (χ4v) is 5.35. The van der Waals surface area contributed by atoms with E-state index >= 15 is 0 Å². The number of benzene rings is 2. The minimum absolute atomic E-state index is 0.0626. The van der Waals surface area contributed by atoms with Crippen LogP contribution in [0.2, 0.25) is 5.02 Å². The number of halogens is 2. The van der Waals surface area contributed by atoms with Gasteiger partial charge in [0.25, 0.3) is 0 Å². The average Bonchev–Trinajstić information content (AvgIpc) is 3.50. The zero-order chi connectivity index (χ0) is 25.7. The largest absolute Gasteiger partial charge is 0.356 e. The lowest BCUT2D eigenvalue weighted by Crippen LogP contribution is -2.48. The molecule has 2 aromatic rings. The van der Waals surface area contributed by atoms with E-state index in [0.29, 0.717) is 38.0 Å². The summed E-state index contributed by atoms with van der Waals surface area (Å²) in [6.45, 7) is 0.890. The monoisotopic (exact) mass is 531 g/mol. The van der Waals surface area contributed by atoms with Crippen molar-refractivity contribution in [3.05, 3.63) is 76.6 Å². The maximum atomic E-state index is 14.2. The van der Waals surface area contributed by atoms with Crippen molar-refractivity contribution in [2.45, 2.75) is 36.6 Å². The molecule has 0 aliphatic carbocycles. The van der Waals surface area contributed by atoms with E-state index in [2.05, 4.69) is 10.6 Å². The summed E-state index contributed by atoms with van der Waals surface area (Å²) in [5.74, 6) is -1.82. The second kappa shape index (κ2) is 11.9. The lowest BCUT2D eigenvalue weighted by molar-refractivity contribution is -0.135. The van der Waals surface area contributed by atoms with Gasteiger partial charge < -0.3 is 20.1 Å². The van der Waals surface area contributed by atoms with Crippen molar-refractivity contribution >= 4 is 47.4 Å². The number of amides is 3. The minimum Gasteiger partial charge on any atom is -0.356 e. The van der Waals surface area contributed by atoms with Gasteiger partial charge in [-0.15, -0.1) is 0 Å². The number of carbonyl (C=O) groups is 3. The average molecular weight is 532 g/mol. The highest BCUT2D eigenvalue weighted by Gasteiger charge is 2.40. The number of likely N-dealkylation sites (tertiary alicyclic amines) is 1. The summed E-state index contributed by atoms with van der Waals surface area (Å²) in [5.41, 5.74) is 1.22. The molecule has 190 valence electrons. The molecule has 1 unspecified atom stereocenters. The molecular weight excluding hydrogens is 505 g/mol. The summed E-state index contributed by atoms with van der Waals surface area (Å²) in [5, 5.41) is 5.13. The predicted molar refractivity (Wildman–Crippen MR) is 138 cm³/mol. The van der Waals surface area contributed by atoms with E-state index < -0.39 is 29.0 Å². The second-order valence-electron chi connectivity index (χ2n) is 8.96. The molecule has 4 atom stereocenters. The van der Waals surface area contributed by atoms with Crippen molar-refractivity contribution in [2.24, 2.45) is 5.92 Å². The van der Waals surface area contributed by atoms with E-state index in [9.17, 15) is 23.3 Å². The summed E-state index contributed by atoms with van der Waals surface area (Å²) in [7, 11) is 0. The third-order valence-electron chi connectivity index (χ3n) is 6.62. The smallest absolute Gasteiger partial charge is 0.247 e. The van der Waals surface area contributed by atoms with E-state index in [-0.39, 0.29) is 34.7 Å². The number of carbonyl (C=O) groups excluding carboxylic acids is 3. The van der Waals surface area contributed by atoms with Crippen molar-refractivity contribution in [1.82, 2.24) is 15.5 Å². The van der Waals surface area contributed by atoms with Gasteiger partial charge in [-0.1, -0.05) is 48.0 Å². The summed E-state index contributed by atoms with van der Waals surface area (Å²) in [6, 6.07) is 13.0. The molecule has 0 aromatic heterocycles. The Bertz CT molecular complexity index is 1150. The number of hydrogen-bond donors (Lipinski definition) is 3. The van der Waals surface area contributed by atoms with Crippen LogP contribution in [0.4, 0.5) is 4.39 Å². The molecule has 2 heterocycles. The molecule has 2 aromatic carbocycles. The van der Waals surface area contributed by atoms with Crippen molar-refractivity contribution in [2.75, 3.05) is 13.1 Å². The van der Waals surface area contributed by atoms with Gasteiger partial charge >= 0.3 is 0 Å². The molecule has 7 nitrogen and oxygen atoms in total. The number of rotatable bonds is 8. The van der Waals surface area contributed by atoms with E-state index in [1.54, 1.807) is 0 Å². The Kier molecular flexibility index (Phi) is 8.66. The summed E-state index contributed by atoms with van der Waals surface area (Å²) < 4.78 is 23.9. The molecule has 36 heavy (non-hydrogen) atoms. The van der Waals surface area contributed by atoms with E-state index in [4.69, 9.17) is 11.6 Å². The van der Waals surface area contributed by atoms with Crippen LogP contribution >= 0.6 is 23.6 Å². The van der Waals surface area contributed by atoms with Crippen LogP contribution in [-0.2, 0) is 14.4 Å². The van der Waals surface area contributed by atoms with Gasteiger partial charge in [0.1, 0.15) is 17.2 Å². The van der Waals surface area contributed by atoms with Gasteiger partial charge in [-0.05, 0) is 43.0 Å². The van der Waals surface area contributed by atoms with E-state index in [0.717, 1.165) is 5.56 Å². The van der Waals surface area contributed by atoms with E-state index in [1.165, 1.54) is 35.3 Å². The van der Waals surface area contributed by atoms with Crippen molar-refractivity contribution in [1.29, 1.82) is 0 Å². The third-order valence-corrected chi connectivity index (χ3v) is 7.42. The van der Waals surface area contributed by atoms with Crippen LogP contribution in [0.3, 0.4) is 0 Å². The molecule has 0 spiro atoms. The number of nitrogens with zero attached hydrogens (tertiary/aromatic N) is 1.